The van der Waals surface area contributed by atoms with Gasteiger partial charge in [-0.1, -0.05) is 0 Å². The zero-order valence-corrected chi connectivity index (χ0v) is 7.06. The van der Waals surface area contributed by atoms with Crippen LogP contribution in [0.5, 0.6) is 5.75 Å². The zero-order valence-electron chi connectivity index (χ0n) is 5.90. The summed E-state index contributed by atoms with van der Waals surface area (Å²) in [5.41, 5.74) is -0.723. The van der Waals surface area contributed by atoms with Gasteiger partial charge in [0.2, 0.25) is 11.2 Å². The molecule has 0 radical (unpaired) electrons. The highest BCUT2D eigenvalue weighted by atomic mass is 31.0. The van der Waals surface area contributed by atoms with Crippen LogP contribution in [0.2, 0.25) is 0 Å². The first-order chi connectivity index (χ1) is 5.66. The normalized spacial score (nSPS) is 9.42. The van der Waals surface area contributed by atoms with Crippen molar-refractivity contribution in [2.24, 2.45) is 0 Å². The van der Waals surface area contributed by atoms with Crippen molar-refractivity contribution >= 4 is 15.4 Å². The van der Waals surface area contributed by atoms with E-state index in [4.69, 9.17) is 5.11 Å². The molecule has 6 heteroatoms. The van der Waals surface area contributed by atoms with E-state index < -0.39 is 11.4 Å². The molecular weight excluding hydrogens is 181 g/mol. The molecule has 0 aromatic carbocycles. The van der Waals surface area contributed by atoms with Gasteiger partial charge in [-0.25, -0.2) is 4.79 Å². The van der Waals surface area contributed by atoms with E-state index in [1.807, 2.05) is 9.47 Å². The molecule has 12 heavy (non-hydrogen) atoms. The summed E-state index contributed by atoms with van der Waals surface area (Å²) >= 11 is 0. The van der Waals surface area contributed by atoms with E-state index in [1.54, 1.807) is 0 Å². The number of H-pyrrole nitrogens is 1. The standard InChI is InChI=1S/C6H6NO4P/c8-3-1-2-7-4(6(9)10)5(3)11-12/h1-2H,12H2,(H,7,8)(H,9,10). The first kappa shape index (κ1) is 8.74. The fraction of sp³-hybridized carbons (Fsp3) is 0. The molecule has 0 fully saturated rings. The van der Waals surface area contributed by atoms with E-state index in [-0.39, 0.29) is 11.4 Å². The average molecular weight is 187 g/mol. The Labute approximate surface area is 69.7 Å². The topological polar surface area (TPSA) is 79.4 Å². The molecule has 0 bridgehead atoms. The van der Waals surface area contributed by atoms with Gasteiger partial charge in [-0.15, -0.1) is 0 Å². The van der Waals surface area contributed by atoms with Gasteiger partial charge in [-0.2, -0.15) is 0 Å². The summed E-state index contributed by atoms with van der Waals surface area (Å²) in [6.45, 7) is 0. The maximum Gasteiger partial charge on any atom is 0.356 e. The molecular formula is C6H6NO4P. The van der Waals surface area contributed by atoms with Gasteiger partial charge >= 0.3 is 5.97 Å². The highest BCUT2D eigenvalue weighted by Gasteiger charge is 2.13. The Hall–Kier alpha value is -1.35. The zero-order chi connectivity index (χ0) is 9.14. The molecule has 0 saturated heterocycles. The van der Waals surface area contributed by atoms with E-state index in [1.165, 1.54) is 12.3 Å². The minimum Gasteiger partial charge on any atom is -0.476 e. The molecule has 1 aromatic rings. The second kappa shape index (κ2) is 3.36. The molecule has 0 aliphatic carbocycles. The molecule has 5 nitrogen and oxygen atoms in total. The van der Waals surface area contributed by atoms with Crippen molar-refractivity contribution in [1.29, 1.82) is 0 Å². The summed E-state index contributed by atoms with van der Waals surface area (Å²) < 4.78 is 4.53. The molecule has 1 heterocycles. The summed E-state index contributed by atoms with van der Waals surface area (Å²) in [5, 5.41) is 8.56. The van der Waals surface area contributed by atoms with E-state index in [0.29, 0.717) is 0 Å². The Morgan fingerprint density at radius 1 is 1.67 bits per heavy atom. The van der Waals surface area contributed by atoms with E-state index in [0.717, 1.165) is 0 Å². The van der Waals surface area contributed by atoms with Crippen LogP contribution in [-0.2, 0) is 0 Å². The summed E-state index contributed by atoms with van der Waals surface area (Å²) in [7, 11) is 1.82. The molecule has 1 unspecified atom stereocenters. The molecule has 0 aliphatic heterocycles. The Morgan fingerprint density at radius 2 is 2.33 bits per heavy atom. The van der Waals surface area contributed by atoms with Crippen molar-refractivity contribution in [3.63, 3.8) is 0 Å². The number of rotatable bonds is 2. The number of aromatic carboxylic acids is 1. The molecule has 0 spiro atoms. The van der Waals surface area contributed by atoms with Crippen LogP contribution in [0, 0.1) is 0 Å². The fourth-order valence-electron chi connectivity index (χ4n) is 0.741. The van der Waals surface area contributed by atoms with Crippen molar-refractivity contribution < 1.29 is 14.4 Å². The van der Waals surface area contributed by atoms with Gasteiger partial charge < -0.3 is 14.6 Å². The van der Waals surface area contributed by atoms with Crippen molar-refractivity contribution in [2.45, 2.75) is 0 Å². The van der Waals surface area contributed by atoms with Gasteiger partial charge in [-0.3, -0.25) is 4.79 Å². The van der Waals surface area contributed by atoms with E-state index in [2.05, 4.69) is 9.51 Å². The second-order valence-corrected chi connectivity index (χ2v) is 2.20. The van der Waals surface area contributed by atoms with Gasteiger partial charge in [0.25, 0.3) is 0 Å². The number of aromatic nitrogens is 1. The molecule has 0 aliphatic rings. The number of aromatic amines is 1. The molecule has 1 atom stereocenters. The monoisotopic (exact) mass is 187 g/mol. The number of hydrogen-bond acceptors (Lipinski definition) is 3. The lowest BCUT2D eigenvalue weighted by Gasteiger charge is -2.00. The molecule has 64 valence electrons. The van der Waals surface area contributed by atoms with Crippen molar-refractivity contribution in [2.75, 3.05) is 0 Å². The number of nitrogens with one attached hydrogen (secondary N) is 1. The van der Waals surface area contributed by atoms with E-state index >= 15 is 0 Å². The van der Waals surface area contributed by atoms with Gasteiger partial charge in [0.1, 0.15) is 0 Å². The second-order valence-electron chi connectivity index (χ2n) is 1.97. The Balaban J connectivity index is 3.38. The van der Waals surface area contributed by atoms with Crippen LogP contribution in [0.15, 0.2) is 17.1 Å². The van der Waals surface area contributed by atoms with Crippen LogP contribution in [-0.4, -0.2) is 16.1 Å². The maximum atomic E-state index is 11.0. The van der Waals surface area contributed by atoms with E-state index in [9.17, 15) is 9.59 Å². The number of pyridine rings is 1. The average Bonchev–Trinajstić information content (AvgIpc) is 2.03. The summed E-state index contributed by atoms with van der Waals surface area (Å²) in [4.78, 5) is 23.8. The number of carbonyl (C=O) groups is 1. The van der Waals surface area contributed by atoms with Crippen molar-refractivity contribution in [3.8, 4) is 5.75 Å². The third-order valence-electron chi connectivity index (χ3n) is 1.24. The largest absolute Gasteiger partial charge is 0.476 e. The van der Waals surface area contributed by atoms with Gasteiger partial charge in [0, 0.05) is 12.3 Å². The first-order valence-electron chi connectivity index (χ1n) is 2.98. The van der Waals surface area contributed by atoms with Crippen LogP contribution in [0.4, 0.5) is 0 Å². The SMILES string of the molecule is O=C(O)c1[nH]ccc(=O)c1OP. The van der Waals surface area contributed by atoms with Gasteiger partial charge in [0.15, 0.2) is 5.69 Å². The highest BCUT2D eigenvalue weighted by molar-refractivity contribution is 7.10. The lowest BCUT2D eigenvalue weighted by Crippen LogP contribution is -2.10. The number of carboxylic acid groups (broad SMARTS) is 1. The minimum absolute atomic E-state index is 0.213. The van der Waals surface area contributed by atoms with Crippen molar-refractivity contribution in [3.05, 3.63) is 28.2 Å². The quantitative estimate of drug-likeness (QED) is 0.650. The Bertz CT molecular complexity index is 359. The highest BCUT2D eigenvalue weighted by Crippen LogP contribution is 2.11. The van der Waals surface area contributed by atoms with Crippen LogP contribution in [0.25, 0.3) is 0 Å². The van der Waals surface area contributed by atoms with Crippen molar-refractivity contribution in [1.82, 2.24) is 4.98 Å². The molecule has 1 aromatic heterocycles. The number of carboxylic acids is 1. The van der Waals surface area contributed by atoms with Crippen LogP contribution < -0.4 is 9.95 Å². The van der Waals surface area contributed by atoms with Crippen LogP contribution in [0.3, 0.4) is 0 Å². The molecule has 2 N–H and O–H groups in total. The summed E-state index contributed by atoms with van der Waals surface area (Å²) in [5.74, 6) is -1.44. The lowest BCUT2D eigenvalue weighted by molar-refractivity contribution is 0.0688. The Morgan fingerprint density at radius 3 is 2.75 bits per heavy atom. The number of hydrogen-bond donors (Lipinski definition) is 2. The summed E-state index contributed by atoms with van der Waals surface area (Å²) in [6, 6.07) is 1.19. The lowest BCUT2D eigenvalue weighted by atomic mass is 10.3. The Kier molecular flexibility index (Phi) is 2.45. The minimum atomic E-state index is -1.23. The first-order valence-corrected chi connectivity index (χ1v) is 3.45. The summed E-state index contributed by atoms with van der Waals surface area (Å²) in [6.07, 6.45) is 1.25. The predicted octanol–water partition coefficient (Wildman–Crippen LogP) is 0.242. The molecule has 0 amide bonds. The van der Waals surface area contributed by atoms with Crippen LogP contribution in [0.1, 0.15) is 10.5 Å². The molecule has 0 saturated carbocycles. The van der Waals surface area contributed by atoms with Gasteiger partial charge in [0.05, 0.1) is 9.47 Å². The third kappa shape index (κ3) is 1.46. The fourth-order valence-corrected chi connectivity index (χ4v) is 0.975. The predicted molar refractivity (Wildman–Crippen MR) is 44.4 cm³/mol. The molecule has 1 rings (SSSR count). The smallest absolute Gasteiger partial charge is 0.356 e. The third-order valence-corrected chi connectivity index (χ3v) is 1.48. The maximum absolute atomic E-state index is 11.0. The van der Waals surface area contributed by atoms with Gasteiger partial charge in [-0.05, 0) is 0 Å². The van der Waals surface area contributed by atoms with Crippen LogP contribution >= 0.6 is 9.47 Å².